The number of imide groups is 1. The summed E-state index contributed by atoms with van der Waals surface area (Å²) in [7, 11) is 1.54. The number of amides is 2. The fourth-order valence-electron chi connectivity index (χ4n) is 2.49. The first-order valence-electron chi connectivity index (χ1n) is 6.59. The van der Waals surface area contributed by atoms with Crippen LogP contribution in [0, 0.1) is 6.92 Å². The van der Waals surface area contributed by atoms with Crippen LogP contribution < -0.4 is 0 Å². The maximum absolute atomic E-state index is 12.2. The molecular formula is C16H14BrNO2S. The number of rotatable bonds is 2. The van der Waals surface area contributed by atoms with Crippen LogP contribution in [0.25, 0.3) is 0 Å². The zero-order chi connectivity index (χ0) is 15.1. The van der Waals surface area contributed by atoms with Gasteiger partial charge in [0.2, 0.25) is 5.91 Å². The summed E-state index contributed by atoms with van der Waals surface area (Å²) in [5, 5.41) is 4.23. The van der Waals surface area contributed by atoms with Gasteiger partial charge in [0, 0.05) is 12.6 Å². The van der Waals surface area contributed by atoms with E-state index in [0.717, 1.165) is 11.1 Å². The zero-order valence-corrected chi connectivity index (χ0v) is 14.1. The molecule has 1 unspecified atom stereocenters. The van der Waals surface area contributed by atoms with Crippen LogP contribution in [0.2, 0.25) is 0 Å². The molecule has 0 radical (unpaired) electrons. The van der Waals surface area contributed by atoms with Crippen LogP contribution in [0.15, 0.2) is 29.0 Å². The number of thiophene rings is 1. The Labute approximate surface area is 135 Å². The Morgan fingerprint density at radius 3 is 2.71 bits per heavy atom. The number of hydrogen-bond donors (Lipinski definition) is 0. The molecule has 2 heterocycles. The smallest absolute Gasteiger partial charge is 0.260 e. The molecule has 0 N–H and O–H groups in total. The molecule has 1 aliphatic heterocycles. The number of alkyl halides is 1. The predicted octanol–water partition coefficient (Wildman–Crippen LogP) is 3.70. The number of nitrogens with zero attached hydrogens (tertiary/aromatic N) is 1. The highest BCUT2D eigenvalue weighted by Gasteiger charge is 2.28. The van der Waals surface area contributed by atoms with Crippen molar-refractivity contribution >= 4 is 39.1 Å². The Morgan fingerprint density at radius 2 is 2.05 bits per heavy atom. The van der Waals surface area contributed by atoms with E-state index < -0.39 is 0 Å². The van der Waals surface area contributed by atoms with Gasteiger partial charge in [-0.05, 0) is 46.0 Å². The third kappa shape index (κ3) is 2.45. The molecule has 108 valence electrons. The molecule has 1 atom stereocenters. The van der Waals surface area contributed by atoms with Crippen molar-refractivity contribution in [3.05, 3.63) is 56.8 Å². The lowest BCUT2D eigenvalue weighted by molar-refractivity contribution is -0.127. The number of fused-ring (bicyclic) bond motifs is 1. The zero-order valence-electron chi connectivity index (χ0n) is 11.7. The Bertz CT molecular complexity index is 738. The van der Waals surface area contributed by atoms with E-state index in [2.05, 4.69) is 33.6 Å². The summed E-state index contributed by atoms with van der Waals surface area (Å²) >= 11 is 5.38. The SMILES string of the molecule is Cc1cscc1C(Br)c1ccc2c(c1)C(=O)N(C)C(=O)C2. The highest BCUT2D eigenvalue weighted by Crippen LogP contribution is 2.36. The molecule has 0 saturated heterocycles. The Hall–Kier alpha value is -1.46. The minimum absolute atomic E-state index is 0.0600. The van der Waals surface area contributed by atoms with Crippen molar-refractivity contribution in [1.29, 1.82) is 0 Å². The first-order chi connectivity index (χ1) is 9.99. The van der Waals surface area contributed by atoms with Gasteiger partial charge in [0.1, 0.15) is 0 Å². The van der Waals surface area contributed by atoms with Gasteiger partial charge in [0.05, 0.1) is 11.2 Å². The molecule has 1 aliphatic rings. The highest BCUT2D eigenvalue weighted by molar-refractivity contribution is 9.09. The van der Waals surface area contributed by atoms with E-state index >= 15 is 0 Å². The Morgan fingerprint density at radius 1 is 1.29 bits per heavy atom. The summed E-state index contributed by atoms with van der Waals surface area (Å²) in [6.07, 6.45) is 0.294. The number of halogens is 1. The summed E-state index contributed by atoms with van der Waals surface area (Å²) in [4.78, 5) is 25.2. The number of likely N-dealkylation sites (N-methyl/N-ethyl adjacent to an activating group) is 1. The number of carbonyl (C=O) groups excluding carboxylic acids is 2. The van der Waals surface area contributed by atoms with Gasteiger partial charge in [0.15, 0.2) is 0 Å². The van der Waals surface area contributed by atoms with Crippen LogP contribution in [-0.2, 0) is 11.2 Å². The maximum atomic E-state index is 12.2. The minimum atomic E-state index is -0.218. The molecule has 5 heteroatoms. The molecular weight excluding hydrogens is 350 g/mol. The molecule has 0 bridgehead atoms. The number of carbonyl (C=O) groups is 2. The standard InChI is InChI=1S/C16H14BrNO2S/c1-9-7-21-8-13(9)15(17)11-4-3-10-6-14(19)18(2)16(20)12(10)5-11/h3-5,7-8,15H,6H2,1-2H3. The molecule has 2 aromatic rings. The normalized spacial score (nSPS) is 16.0. The molecule has 0 saturated carbocycles. The van der Waals surface area contributed by atoms with Gasteiger partial charge in [-0.15, -0.1) is 0 Å². The minimum Gasteiger partial charge on any atom is -0.281 e. The molecule has 2 amide bonds. The second-order valence-corrected chi connectivity index (χ2v) is 6.88. The van der Waals surface area contributed by atoms with Crippen LogP contribution in [0.3, 0.4) is 0 Å². The third-order valence-corrected chi connectivity index (χ3v) is 5.75. The third-order valence-electron chi connectivity index (χ3n) is 3.85. The van der Waals surface area contributed by atoms with E-state index in [-0.39, 0.29) is 16.6 Å². The van der Waals surface area contributed by atoms with Crippen LogP contribution in [-0.4, -0.2) is 23.8 Å². The van der Waals surface area contributed by atoms with E-state index in [1.54, 1.807) is 11.3 Å². The van der Waals surface area contributed by atoms with Gasteiger partial charge in [-0.1, -0.05) is 28.1 Å². The van der Waals surface area contributed by atoms with Crippen molar-refractivity contribution < 1.29 is 9.59 Å². The highest BCUT2D eigenvalue weighted by atomic mass is 79.9. The van der Waals surface area contributed by atoms with Crippen LogP contribution in [0.5, 0.6) is 0 Å². The first kappa shape index (κ1) is 14.5. The lowest BCUT2D eigenvalue weighted by Gasteiger charge is -2.24. The van der Waals surface area contributed by atoms with Gasteiger partial charge in [-0.25, -0.2) is 0 Å². The fraction of sp³-hybridized carbons (Fsp3) is 0.250. The topological polar surface area (TPSA) is 37.4 Å². The fourth-order valence-corrected chi connectivity index (χ4v) is 4.32. The van der Waals surface area contributed by atoms with Crippen molar-refractivity contribution in [2.45, 2.75) is 18.2 Å². The molecule has 1 aromatic carbocycles. The van der Waals surface area contributed by atoms with E-state index in [0.29, 0.717) is 12.0 Å². The molecule has 21 heavy (non-hydrogen) atoms. The predicted molar refractivity (Wildman–Crippen MR) is 87.1 cm³/mol. The van der Waals surface area contributed by atoms with E-state index in [4.69, 9.17) is 0 Å². The molecule has 3 rings (SSSR count). The lowest BCUT2D eigenvalue weighted by atomic mass is 9.94. The molecule has 1 aromatic heterocycles. The van der Waals surface area contributed by atoms with Gasteiger partial charge >= 0.3 is 0 Å². The number of benzene rings is 1. The van der Waals surface area contributed by atoms with Crippen molar-refractivity contribution in [2.75, 3.05) is 7.05 Å². The summed E-state index contributed by atoms with van der Waals surface area (Å²) in [5.74, 6) is -0.367. The molecule has 0 spiro atoms. The lowest BCUT2D eigenvalue weighted by Crippen LogP contribution is -2.39. The van der Waals surface area contributed by atoms with Crippen molar-refractivity contribution in [3.63, 3.8) is 0 Å². The molecule has 3 nitrogen and oxygen atoms in total. The largest absolute Gasteiger partial charge is 0.281 e. The monoisotopic (exact) mass is 363 g/mol. The second-order valence-electron chi connectivity index (χ2n) is 5.22. The van der Waals surface area contributed by atoms with Gasteiger partial charge < -0.3 is 0 Å². The molecule has 0 aliphatic carbocycles. The summed E-state index contributed by atoms with van der Waals surface area (Å²) < 4.78 is 0. The van der Waals surface area contributed by atoms with Crippen molar-refractivity contribution in [2.24, 2.45) is 0 Å². The van der Waals surface area contributed by atoms with Crippen LogP contribution in [0.4, 0.5) is 0 Å². The second kappa shape index (κ2) is 5.39. The Balaban J connectivity index is 2.02. The summed E-state index contributed by atoms with van der Waals surface area (Å²) in [6, 6.07) is 5.78. The van der Waals surface area contributed by atoms with Crippen LogP contribution >= 0.6 is 27.3 Å². The average molecular weight is 364 g/mol. The summed E-state index contributed by atoms with van der Waals surface area (Å²) in [6.45, 7) is 2.08. The summed E-state index contributed by atoms with van der Waals surface area (Å²) in [5.41, 5.74) is 4.93. The van der Waals surface area contributed by atoms with Gasteiger partial charge in [-0.2, -0.15) is 11.3 Å². The van der Waals surface area contributed by atoms with E-state index in [9.17, 15) is 9.59 Å². The maximum Gasteiger partial charge on any atom is 0.260 e. The molecule has 0 fully saturated rings. The first-order valence-corrected chi connectivity index (χ1v) is 8.45. The number of hydrogen-bond acceptors (Lipinski definition) is 3. The Kier molecular flexibility index (Phi) is 3.71. The quantitative estimate of drug-likeness (QED) is 0.602. The average Bonchev–Trinajstić information content (AvgIpc) is 2.90. The van der Waals surface area contributed by atoms with Crippen molar-refractivity contribution in [1.82, 2.24) is 4.90 Å². The van der Waals surface area contributed by atoms with Crippen molar-refractivity contribution in [3.8, 4) is 0 Å². The van der Waals surface area contributed by atoms with E-state index in [1.807, 2.05) is 18.2 Å². The van der Waals surface area contributed by atoms with Gasteiger partial charge in [-0.3, -0.25) is 14.5 Å². The van der Waals surface area contributed by atoms with Gasteiger partial charge in [0.25, 0.3) is 5.91 Å². The number of aryl methyl sites for hydroxylation is 1. The van der Waals surface area contributed by atoms with E-state index in [1.165, 1.54) is 23.1 Å². The van der Waals surface area contributed by atoms with Crippen LogP contribution in [0.1, 0.15) is 37.4 Å².